The molecule has 2 aromatic carbocycles. The molecule has 1 N–H and O–H groups in total. The standard InChI is InChI=1S/C17H17NO4S/c19-16(18-10-11-22-13-6-2-1-3-7-13)12-23-15-9-5-4-8-14(15)17(20)21/h1-9H,10-12H2,(H,18,19)(H,20,21)/p-1. The summed E-state index contributed by atoms with van der Waals surface area (Å²) in [5.74, 6) is -0.543. The fourth-order valence-corrected chi connectivity index (χ4v) is 2.70. The Morgan fingerprint density at radius 2 is 1.74 bits per heavy atom. The first kappa shape index (κ1) is 16.9. The second kappa shape index (κ2) is 8.85. The van der Waals surface area contributed by atoms with Gasteiger partial charge in [0.25, 0.3) is 0 Å². The Labute approximate surface area is 138 Å². The number of aromatic carboxylic acids is 1. The fourth-order valence-electron chi connectivity index (χ4n) is 1.83. The molecule has 2 rings (SSSR count). The molecule has 0 saturated carbocycles. The van der Waals surface area contributed by atoms with E-state index in [1.165, 1.54) is 6.07 Å². The quantitative estimate of drug-likeness (QED) is 0.584. The molecule has 5 nitrogen and oxygen atoms in total. The average Bonchev–Trinajstić information content (AvgIpc) is 2.58. The Morgan fingerprint density at radius 3 is 2.48 bits per heavy atom. The van der Waals surface area contributed by atoms with E-state index in [4.69, 9.17) is 4.74 Å². The van der Waals surface area contributed by atoms with Gasteiger partial charge in [0.1, 0.15) is 12.4 Å². The number of carbonyl (C=O) groups is 2. The summed E-state index contributed by atoms with van der Waals surface area (Å²) in [6.07, 6.45) is 0. The molecule has 0 aliphatic rings. The molecular weight excluding hydrogens is 314 g/mol. The molecule has 0 atom stereocenters. The van der Waals surface area contributed by atoms with Crippen LogP contribution in [0.5, 0.6) is 5.75 Å². The number of amides is 1. The minimum atomic E-state index is -1.25. The first-order valence-electron chi connectivity index (χ1n) is 7.04. The lowest BCUT2D eigenvalue weighted by molar-refractivity contribution is -0.255. The normalized spacial score (nSPS) is 10.1. The van der Waals surface area contributed by atoms with Gasteiger partial charge in [-0.1, -0.05) is 36.4 Å². The van der Waals surface area contributed by atoms with Crippen LogP contribution in [0.15, 0.2) is 59.5 Å². The SMILES string of the molecule is O=C(CSc1ccccc1C(=O)[O-])NCCOc1ccccc1. The molecule has 0 heterocycles. The lowest BCUT2D eigenvalue weighted by atomic mass is 10.2. The summed E-state index contributed by atoms with van der Waals surface area (Å²) in [7, 11) is 0. The maximum Gasteiger partial charge on any atom is 0.230 e. The largest absolute Gasteiger partial charge is 0.545 e. The number of nitrogens with one attached hydrogen (secondary N) is 1. The summed E-state index contributed by atoms with van der Waals surface area (Å²) in [6.45, 7) is 0.756. The molecule has 1 amide bonds. The summed E-state index contributed by atoms with van der Waals surface area (Å²) >= 11 is 1.16. The van der Waals surface area contributed by atoms with E-state index in [0.29, 0.717) is 18.0 Å². The van der Waals surface area contributed by atoms with Gasteiger partial charge in [-0.3, -0.25) is 4.79 Å². The van der Waals surface area contributed by atoms with Crippen LogP contribution >= 0.6 is 11.8 Å². The number of hydrogen-bond donors (Lipinski definition) is 1. The van der Waals surface area contributed by atoms with Crippen molar-refractivity contribution in [2.24, 2.45) is 0 Å². The van der Waals surface area contributed by atoms with Gasteiger partial charge < -0.3 is 20.0 Å². The zero-order valence-electron chi connectivity index (χ0n) is 12.4. The van der Waals surface area contributed by atoms with E-state index >= 15 is 0 Å². The predicted octanol–water partition coefficient (Wildman–Crippen LogP) is 1.34. The zero-order chi connectivity index (χ0) is 16.5. The molecule has 120 valence electrons. The molecule has 0 fully saturated rings. The highest BCUT2D eigenvalue weighted by Crippen LogP contribution is 2.21. The van der Waals surface area contributed by atoms with Gasteiger partial charge in [0, 0.05) is 10.5 Å². The Hall–Kier alpha value is -2.47. The van der Waals surface area contributed by atoms with Crippen LogP contribution in [-0.2, 0) is 4.79 Å². The van der Waals surface area contributed by atoms with Crippen molar-refractivity contribution in [3.05, 3.63) is 60.2 Å². The molecular formula is C17H16NO4S-. The Balaban J connectivity index is 1.70. The van der Waals surface area contributed by atoms with E-state index in [-0.39, 0.29) is 17.2 Å². The number of rotatable bonds is 8. The molecule has 0 unspecified atom stereocenters. The van der Waals surface area contributed by atoms with Gasteiger partial charge in [-0.15, -0.1) is 11.8 Å². The minimum Gasteiger partial charge on any atom is -0.545 e. The van der Waals surface area contributed by atoms with E-state index in [2.05, 4.69) is 5.32 Å². The van der Waals surface area contributed by atoms with Gasteiger partial charge in [-0.05, 0) is 18.2 Å². The van der Waals surface area contributed by atoms with E-state index in [1.54, 1.807) is 18.2 Å². The van der Waals surface area contributed by atoms with E-state index in [1.807, 2.05) is 30.3 Å². The van der Waals surface area contributed by atoms with Crippen LogP contribution < -0.4 is 15.2 Å². The number of para-hydroxylation sites is 1. The van der Waals surface area contributed by atoms with E-state index in [0.717, 1.165) is 17.5 Å². The lowest BCUT2D eigenvalue weighted by Crippen LogP contribution is -2.29. The van der Waals surface area contributed by atoms with Crippen molar-refractivity contribution in [3.8, 4) is 5.75 Å². The molecule has 0 spiro atoms. The van der Waals surface area contributed by atoms with Crippen molar-refractivity contribution in [1.29, 1.82) is 0 Å². The third kappa shape index (κ3) is 5.67. The van der Waals surface area contributed by atoms with Crippen LogP contribution in [0.25, 0.3) is 0 Å². The Bertz CT molecular complexity index is 661. The fraction of sp³-hybridized carbons (Fsp3) is 0.176. The third-order valence-electron chi connectivity index (χ3n) is 2.90. The van der Waals surface area contributed by atoms with Gasteiger partial charge in [-0.25, -0.2) is 0 Å². The van der Waals surface area contributed by atoms with E-state index in [9.17, 15) is 14.7 Å². The van der Waals surface area contributed by atoms with Crippen LogP contribution in [0, 0.1) is 0 Å². The van der Waals surface area contributed by atoms with Gasteiger partial charge >= 0.3 is 0 Å². The summed E-state index contributed by atoms with van der Waals surface area (Å²) in [5, 5.41) is 13.7. The van der Waals surface area contributed by atoms with Crippen LogP contribution in [0.2, 0.25) is 0 Å². The smallest absolute Gasteiger partial charge is 0.230 e. The summed E-state index contributed by atoms with van der Waals surface area (Å²) < 4.78 is 5.46. The van der Waals surface area contributed by atoms with Crippen LogP contribution in [0.1, 0.15) is 10.4 Å². The lowest BCUT2D eigenvalue weighted by Gasteiger charge is -2.10. The number of ether oxygens (including phenoxy) is 1. The molecule has 0 saturated heterocycles. The monoisotopic (exact) mass is 330 g/mol. The second-order valence-electron chi connectivity index (χ2n) is 4.58. The molecule has 6 heteroatoms. The minimum absolute atomic E-state index is 0.0951. The molecule has 0 bridgehead atoms. The number of carboxylic acids is 1. The summed E-state index contributed by atoms with van der Waals surface area (Å²) in [5.41, 5.74) is 0.0951. The average molecular weight is 330 g/mol. The summed E-state index contributed by atoms with van der Waals surface area (Å²) in [6, 6.07) is 15.8. The topological polar surface area (TPSA) is 78.5 Å². The van der Waals surface area contributed by atoms with Crippen LogP contribution in [0.3, 0.4) is 0 Å². The van der Waals surface area contributed by atoms with Crippen molar-refractivity contribution < 1.29 is 19.4 Å². The maximum atomic E-state index is 11.8. The van der Waals surface area contributed by atoms with Gasteiger partial charge in [0.05, 0.1) is 18.3 Å². The first-order valence-corrected chi connectivity index (χ1v) is 8.03. The van der Waals surface area contributed by atoms with Gasteiger partial charge in [0.2, 0.25) is 5.91 Å². The highest BCUT2D eigenvalue weighted by Gasteiger charge is 2.07. The molecule has 0 aliphatic heterocycles. The van der Waals surface area contributed by atoms with Crippen molar-refractivity contribution in [2.45, 2.75) is 4.90 Å². The van der Waals surface area contributed by atoms with Crippen molar-refractivity contribution in [2.75, 3.05) is 18.9 Å². The zero-order valence-corrected chi connectivity index (χ0v) is 13.2. The second-order valence-corrected chi connectivity index (χ2v) is 5.60. The maximum absolute atomic E-state index is 11.8. The highest BCUT2D eigenvalue weighted by atomic mass is 32.2. The number of carboxylic acid groups (broad SMARTS) is 1. The first-order chi connectivity index (χ1) is 11.2. The van der Waals surface area contributed by atoms with Crippen molar-refractivity contribution in [3.63, 3.8) is 0 Å². The molecule has 0 aliphatic carbocycles. The van der Waals surface area contributed by atoms with Crippen LogP contribution in [0.4, 0.5) is 0 Å². The van der Waals surface area contributed by atoms with E-state index < -0.39 is 5.97 Å². The Kier molecular flexibility index (Phi) is 6.50. The molecule has 0 radical (unpaired) electrons. The number of thioether (sulfide) groups is 1. The summed E-state index contributed by atoms with van der Waals surface area (Å²) in [4.78, 5) is 23.2. The highest BCUT2D eigenvalue weighted by molar-refractivity contribution is 8.00. The Morgan fingerprint density at radius 1 is 1.04 bits per heavy atom. The van der Waals surface area contributed by atoms with Crippen molar-refractivity contribution >= 4 is 23.6 Å². The molecule has 23 heavy (non-hydrogen) atoms. The third-order valence-corrected chi connectivity index (χ3v) is 3.98. The molecule has 0 aromatic heterocycles. The number of benzene rings is 2. The predicted molar refractivity (Wildman–Crippen MR) is 86.4 cm³/mol. The number of hydrogen-bond acceptors (Lipinski definition) is 5. The molecule has 2 aromatic rings. The number of carbonyl (C=O) groups excluding carboxylic acids is 2. The van der Waals surface area contributed by atoms with Gasteiger partial charge in [0.15, 0.2) is 0 Å². The van der Waals surface area contributed by atoms with Crippen molar-refractivity contribution in [1.82, 2.24) is 5.32 Å². The van der Waals surface area contributed by atoms with Crippen LogP contribution in [-0.4, -0.2) is 30.8 Å². The van der Waals surface area contributed by atoms with Gasteiger partial charge in [-0.2, -0.15) is 0 Å².